The molecule has 2 aliphatic rings. The minimum atomic E-state index is -0.278. The largest absolute Gasteiger partial charge is 2.00 e. The molecule has 0 aromatic carbocycles. The quantitative estimate of drug-likeness (QED) is 0.567. The predicted octanol–water partition coefficient (Wildman–Crippen LogP) is 1.13. The maximum Gasteiger partial charge on any atom is 2.00 e. The molecule has 0 unspecified atom stereocenters. The first-order valence-corrected chi connectivity index (χ1v) is 5.29. The Balaban J connectivity index is 0.000000324. The predicted molar refractivity (Wildman–Crippen MR) is 64.9 cm³/mol. The van der Waals surface area contributed by atoms with E-state index in [0.29, 0.717) is 11.8 Å². The molecule has 0 N–H and O–H groups in total. The molecule has 0 saturated heterocycles. The molecule has 0 heterocycles. The minimum absolute atomic E-state index is 0. The number of hydrogen-bond acceptors (Lipinski definition) is 4. The molecule has 4 nitrogen and oxygen atoms in total. The van der Waals surface area contributed by atoms with Crippen LogP contribution in [0.25, 0.3) is 0 Å². The van der Waals surface area contributed by atoms with E-state index in [4.69, 9.17) is 0 Å². The Bertz CT molecular complexity index is 241. The van der Waals surface area contributed by atoms with Crippen LogP contribution in [-0.4, -0.2) is 26.2 Å². The van der Waals surface area contributed by atoms with E-state index in [0.717, 1.165) is 0 Å². The summed E-state index contributed by atoms with van der Waals surface area (Å²) < 4.78 is 8.91. The van der Waals surface area contributed by atoms with Gasteiger partial charge in [-0.2, -0.15) is 0 Å². The Morgan fingerprint density at radius 2 is 1.00 bits per heavy atom. The first-order valence-electron chi connectivity index (χ1n) is 5.29. The fraction of sp³-hybridized carbons (Fsp3) is 0.143. The third kappa shape index (κ3) is 6.44. The molecule has 2 aliphatic carbocycles. The first-order chi connectivity index (χ1) is 8.69. The van der Waals surface area contributed by atoms with E-state index in [-0.39, 0.29) is 29.0 Å². The van der Waals surface area contributed by atoms with Crippen LogP contribution in [0.15, 0.2) is 0 Å². The van der Waals surface area contributed by atoms with Crippen molar-refractivity contribution >= 4 is 11.9 Å². The summed E-state index contributed by atoms with van der Waals surface area (Å²) >= 11 is 0. The van der Waals surface area contributed by atoms with Gasteiger partial charge in [0.15, 0.2) is 0 Å². The second kappa shape index (κ2) is 10.3. The van der Waals surface area contributed by atoms with Gasteiger partial charge in [0, 0.05) is 0 Å². The number of hydrogen-bond donors (Lipinski definition) is 0. The summed E-state index contributed by atoms with van der Waals surface area (Å²) in [5.74, 6) is 0.662. The van der Waals surface area contributed by atoms with Crippen LogP contribution in [-0.2, 0) is 36.1 Å². The number of methoxy groups -OCH3 is 2. The summed E-state index contributed by atoms with van der Waals surface area (Å²) in [6.07, 6.45) is 14.0. The van der Waals surface area contributed by atoms with Gasteiger partial charge in [-0.15, -0.1) is 0 Å². The Morgan fingerprint density at radius 1 is 0.737 bits per heavy atom. The molecule has 0 bridgehead atoms. The van der Waals surface area contributed by atoms with Crippen molar-refractivity contribution in [3.8, 4) is 0 Å². The normalized spacial score (nSPS) is 19.1. The summed E-state index contributed by atoms with van der Waals surface area (Å²) in [6.45, 7) is 0. The van der Waals surface area contributed by atoms with E-state index in [1.54, 1.807) is 51.4 Å². The van der Waals surface area contributed by atoms with E-state index in [1.807, 2.05) is 0 Å². The zero-order chi connectivity index (χ0) is 13.4. The number of rotatable bonds is 2. The monoisotopic (exact) mass is 302 g/mol. The van der Waals surface area contributed by atoms with Crippen LogP contribution in [0, 0.1) is 63.2 Å². The van der Waals surface area contributed by atoms with Crippen LogP contribution in [0.1, 0.15) is 0 Å². The van der Waals surface area contributed by atoms with Crippen molar-refractivity contribution in [3.63, 3.8) is 0 Å². The van der Waals surface area contributed by atoms with Crippen LogP contribution in [0.2, 0.25) is 0 Å². The molecule has 0 aliphatic heterocycles. The van der Waals surface area contributed by atoms with Crippen molar-refractivity contribution in [2.75, 3.05) is 14.2 Å². The van der Waals surface area contributed by atoms with Gasteiger partial charge in [0.05, 0.1) is 26.1 Å². The molecular formula is C14H14FeO4+2. The van der Waals surface area contributed by atoms with E-state index >= 15 is 0 Å². The van der Waals surface area contributed by atoms with Gasteiger partial charge in [0.2, 0.25) is 0 Å². The zero-order valence-corrected chi connectivity index (χ0v) is 11.7. The third-order valence-electron chi connectivity index (χ3n) is 2.17. The topological polar surface area (TPSA) is 52.6 Å². The van der Waals surface area contributed by atoms with Crippen LogP contribution in [0.4, 0.5) is 0 Å². The Morgan fingerprint density at radius 3 is 1.21 bits per heavy atom. The van der Waals surface area contributed by atoms with Crippen molar-refractivity contribution in [2.24, 2.45) is 0 Å². The Kier molecular flexibility index (Phi) is 9.98. The smallest absolute Gasteiger partial charge is 0.469 e. The third-order valence-corrected chi connectivity index (χ3v) is 2.17. The molecule has 19 heavy (non-hydrogen) atoms. The number of ether oxygens (including phenoxy) is 2. The van der Waals surface area contributed by atoms with Gasteiger partial charge >= 0.3 is 29.0 Å². The van der Waals surface area contributed by atoms with Gasteiger partial charge in [-0.1, -0.05) is 0 Å². The standard InChI is InChI=1S/2C7H7O2.Fe/c2*1-9-7(8)6-4-2-3-5-6;/h2*2-5H,1H3;/q;;+2. The maximum absolute atomic E-state index is 10.7. The van der Waals surface area contributed by atoms with Crippen LogP contribution >= 0.6 is 0 Å². The number of carbonyl (C=O) groups is 2. The molecule has 2 saturated carbocycles. The summed E-state index contributed by atoms with van der Waals surface area (Å²) in [4.78, 5) is 21.3. The summed E-state index contributed by atoms with van der Waals surface area (Å²) in [7, 11) is 2.74. The molecule has 0 atom stereocenters. The fourth-order valence-corrected chi connectivity index (χ4v) is 1.26. The first kappa shape index (κ1) is 18.5. The van der Waals surface area contributed by atoms with Crippen molar-refractivity contribution in [2.45, 2.75) is 0 Å². The molecule has 0 amide bonds. The van der Waals surface area contributed by atoms with Crippen LogP contribution < -0.4 is 0 Å². The molecule has 0 aromatic rings. The van der Waals surface area contributed by atoms with Gasteiger partial charge in [-0.25, -0.2) is 0 Å². The summed E-state index contributed by atoms with van der Waals surface area (Å²) in [5.41, 5.74) is 0. The second-order valence-corrected chi connectivity index (χ2v) is 3.33. The van der Waals surface area contributed by atoms with Crippen LogP contribution in [0.5, 0.6) is 0 Å². The van der Waals surface area contributed by atoms with Crippen molar-refractivity contribution in [1.29, 1.82) is 0 Å². The van der Waals surface area contributed by atoms with E-state index in [1.165, 1.54) is 14.2 Å². The van der Waals surface area contributed by atoms with Gasteiger partial charge in [0.25, 0.3) is 0 Å². The number of esters is 2. The van der Waals surface area contributed by atoms with E-state index in [9.17, 15) is 9.59 Å². The maximum atomic E-state index is 10.7. The molecule has 10 radical (unpaired) electrons. The number of carbonyl (C=O) groups excluding carboxylic acids is 2. The van der Waals surface area contributed by atoms with Crippen molar-refractivity contribution in [1.82, 2.24) is 0 Å². The average Bonchev–Trinajstić information content (AvgIpc) is 3.09. The van der Waals surface area contributed by atoms with Gasteiger partial charge in [0.1, 0.15) is 0 Å². The van der Waals surface area contributed by atoms with E-state index < -0.39 is 0 Å². The molecule has 2 rings (SSSR count). The SMILES string of the molecule is COC(=O)[C]1[CH][CH][CH][CH]1.COC(=O)[C]1[CH][CH][CH][CH]1.[Fe+2]. The zero-order valence-electron chi connectivity index (χ0n) is 10.6. The molecule has 0 spiro atoms. The fourth-order valence-electron chi connectivity index (χ4n) is 1.26. The Hall–Kier alpha value is -0.541. The van der Waals surface area contributed by atoms with Crippen LogP contribution in [0.3, 0.4) is 0 Å². The van der Waals surface area contributed by atoms with Gasteiger partial charge in [-0.3, -0.25) is 9.59 Å². The molecule has 5 heteroatoms. The average molecular weight is 302 g/mol. The van der Waals surface area contributed by atoms with Gasteiger partial charge in [-0.05, 0) is 51.4 Å². The van der Waals surface area contributed by atoms with Crippen molar-refractivity contribution < 1.29 is 36.1 Å². The molecule has 0 aromatic heterocycles. The molecule has 2 fully saturated rings. The van der Waals surface area contributed by atoms with Crippen molar-refractivity contribution in [3.05, 3.63) is 63.2 Å². The van der Waals surface area contributed by atoms with E-state index in [2.05, 4.69) is 9.47 Å². The minimum Gasteiger partial charge on any atom is -0.469 e. The molecule has 100 valence electrons. The second-order valence-electron chi connectivity index (χ2n) is 3.33. The summed E-state index contributed by atoms with van der Waals surface area (Å²) in [5, 5.41) is 0. The summed E-state index contributed by atoms with van der Waals surface area (Å²) in [6, 6.07) is 0. The van der Waals surface area contributed by atoms with Gasteiger partial charge < -0.3 is 9.47 Å². The Labute approximate surface area is 126 Å². The molecular weight excluding hydrogens is 288 g/mol.